The summed E-state index contributed by atoms with van der Waals surface area (Å²) in [6, 6.07) is 20.4. The van der Waals surface area contributed by atoms with E-state index in [9.17, 15) is 9.18 Å². The van der Waals surface area contributed by atoms with E-state index in [0.29, 0.717) is 5.56 Å². The Bertz CT molecular complexity index is 938. The fourth-order valence-corrected chi connectivity index (χ4v) is 5.03. The SMILES string of the molecule is C[C@H](NC(=O)c1ccc(F)cc1)[C@@H](c1cccs1)N1CCN(c2ccccc2)CC1. The van der Waals surface area contributed by atoms with Gasteiger partial charge in [0.15, 0.2) is 0 Å². The van der Waals surface area contributed by atoms with Crippen LogP contribution in [0.3, 0.4) is 0 Å². The number of hydrogen-bond donors (Lipinski definition) is 1. The summed E-state index contributed by atoms with van der Waals surface area (Å²) >= 11 is 1.72. The number of carbonyl (C=O) groups is 1. The van der Waals surface area contributed by atoms with Crippen LogP contribution in [0.1, 0.15) is 28.2 Å². The highest BCUT2D eigenvalue weighted by atomic mass is 32.1. The van der Waals surface area contributed by atoms with Crippen molar-refractivity contribution in [3.63, 3.8) is 0 Å². The third-order valence-electron chi connectivity index (χ3n) is 5.60. The summed E-state index contributed by atoms with van der Waals surface area (Å²) in [4.78, 5) is 18.8. The molecule has 0 unspecified atom stereocenters. The van der Waals surface area contributed by atoms with Crippen LogP contribution in [0.5, 0.6) is 0 Å². The van der Waals surface area contributed by atoms with Crippen molar-refractivity contribution in [2.45, 2.75) is 19.0 Å². The summed E-state index contributed by atoms with van der Waals surface area (Å²) in [6.45, 7) is 5.80. The van der Waals surface area contributed by atoms with Crippen LogP contribution < -0.4 is 10.2 Å². The molecule has 1 aliphatic rings. The van der Waals surface area contributed by atoms with Crippen LogP contribution in [0.25, 0.3) is 0 Å². The Morgan fingerprint density at radius 2 is 1.67 bits per heavy atom. The molecule has 2 heterocycles. The van der Waals surface area contributed by atoms with Crippen molar-refractivity contribution in [2.75, 3.05) is 31.1 Å². The zero-order valence-corrected chi connectivity index (χ0v) is 17.8. The van der Waals surface area contributed by atoms with E-state index in [1.54, 1.807) is 11.3 Å². The van der Waals surface area contributed by atoms with Crippen molar-refractivity contribution in [1.29, 1.82) is 0 Å². The smallest absolute Gasteiger partial charge is 0.251 e. The van der Waals surface area contributed by atoms with E-state index in [2.05, 4.69) is 63.8 Å². The second-order valence-corrected chi connectivity index (χ2v) is 8.57. The first-order valence-electron chi connectivity index (χ1n) is 10.3. The third kappa shape index (κ3) is 4.71. The highest BCUT2D eigenvalue weighted by Crippen LogP contribution is 2.30. The van der Waals surface area contributed by atoms with Gasteiger partial charge in [-0.3, -0.25) is 9.69 Å². The molecule has 0 aliphatic carbocycles. The number of carbonyl (C=O) groups excluding carboxylic acids is 1. The quantitative estimate of drug-likeness (QED) is 0.631. The van der Waals surface area contributed by atoms with E-state index in [1.165, 1.54) is 34.8 Å². The van der Waals surface area contributed by atoms with E-state index >= 15 is 0 Å². The predicted octanol–water partition coefficient (Wildman–Crippen LogP) is 4.57. The standard InChI is InChI=1S/C24H26FN3OS/c1-18(26-24(29)19-9-11-20(25)12-10-19)23(22-8-5-17-30-22)28-15-13-27(14-16-28)21-6-3-2-4-7-21/h2-12,17-18,23H,13-16H2,1H3,(H,26,29)/t18-,23-/m0/s1. The number of rotatable bonds is 6. The lowest BCUT2D eigenvalue weighted by molar-refractivity contribution is 0.0890. The Balaban J connectivity index is 1.46. The van der Waals surface area contributed by atoms with Gasteiger partial charge in [0.25, 0.3) is 5.91 Å². The number of piperazine rings is 1. The van der Waals surface area contributed by atoms with E-state index in [4.69, 9.17) is 0 Å². The highest BCUT2D eigenvalue weighted by Gasteiger charge is 2.31. The minimum Gasteiger partial charge on any atom is -0.369 e. The Labute approximate surface area is 180 Å². The number of para-hydroxylation sites is 1. The van der Waals surface area contributed by atoms with E-state index in [0.717, 1.165) is 26.2 Å². The molecule has 2 aromatic carbocycles. The molecule has 156 valence electrons. The van der Waals surface area contributed by atoms with Crippen LogP contribution in [0.2, 0.25) is 0 Å². The van der Waals surface area contributed by atoms with Gasteiger partial charge in [-0.15, -0.1) is 11.3 Å². The van der Waals surface area contributed by atoms with Crippen LogP contribution in [-0.2, 0) is 0 Å². The van der Waals surface area contributed by atoms with Gasteiger partial charge in [-0.25, -0.2) is 4.39 Å². The van der Waals surface area contributed by atoms with Gasteiger partial charge in [-0.2, -0.15) is 0 Å². The van der Waals surface area contributed by atoms with Crippen molar-refractivity contribution in [3.8, 4) is 0 Å². The van der Waals surface area contributed by atoms with Crippen LogP contribution in [0.4, 0.5) is 10.1 Å². The molecule has 4 rings (SSSR count). The van der Waals surface area contributed by atoms with Gasteiger partial charge in [-0.05, 0) is 54.8 Å². The fourth-order valence-electron chi connectivity index (χ4n) is 4.07. The summed E-state index contributed by atoms with van der Waals surface area (Å²) in [5.74, 6) is -0.515. The lowest BCUT2D eigenvalue weighted by Crippen LogP contribution is -2.52. The fraction of sp³-hybridized carbons (Fsp3) is 0.292. The topological polar surface area (TPSA) is 35.6 Å². The number of halogens is 1. The first-order valence-corrected chi connectivity index (χ1v) is 11.1. The maximum Gasteiger partial charge on any atom is 0.251 e. The van der Waals surface area contributed by atoms with Crippen molar-refractivity contribution in [3.05, 3.63) is 88.4 Å². The number of benzene rings is 2. The normalized spacial score (nSPS) is 16.8. The average Bonchev–Trinajstić information content (AvgIpc) is 3.30. The van der Waals surface area contributed by atoms with Crippen molar-refractivity contribution in [1.82, 2.24) is 10.2 Å². The van der Waals surface area contributed by atoms with Crippen LogP contribution in [0, 0.1) is 5.82 Å². The first kappa shape index (κ1) is 20.6. The zero-order chi connectivity index (χ0) is 20.9. The second kappa shape index (κ2) is 9.41. The largest absolute Gasteiger partial charge is 0.369 e. The minimum absolute atomic E-state index is 0.0792. The number of nitrogens with zero attached hydrogens (tertiary/aromatic N) is 2. The molecule has 1 fully saturated rings. The summed E-state index contributed by atoms with van der Waals surface area (Å²) in [6.07, 6.45) is 0. The Morgan fingerprint density at radius 1 is 0.967 bits per heavy atom. The molecule has 30 heavy (non-hydrogen) atoms. The summed E-state index contributed by atoms with van der Waals surface area (Å²) in [7, 11) is 0. The molecular formula is C24H26FN3OS. The lowest BCUT2D eigenvalue weighted by Gasteiger charge is -2.42. The van der Waals surface area contributed by atoms with Crippen molar-refractivity contribution in [2.24, 2.45) is 0 Å². The van der Waals surface area contributed by atoms with Crippen LogP contribution in [0.15, 0.2) is 72.1 Å². The van der Waals surface area contributed by atoms with Crippen molar-refractivity contribution >= 4 is 22.9 Å². The molecule has 0 spiro atoms. The van der Waals surface area contributed by atoms with E-state index in [-0.39, 0.29) is 23.8 Å². The Morgan fingerprint density at radius 3 is 2.30 bits per heavy atom. The van der Waals surface area contributed by atoms with Crippen LogP contribution in [-0.4, -0.2) is 43.0 Å². The third-order valence-corrected chi connectivity index (χ3v) is 6.55. The van der Waals surface area contributed by atoms with Crippen molar-refractivity contribution < 1.29 is 9.18 Å². The molecule has 0 bridgehead atoms. The number of anilines is 1. The molecule has 0 radical (unpaired) electrons. The minimum atomic E-state index is -0.340. The average molecular weight is 424 g/mol. The molecule has 1 amide bonds. The summed E-state index contributed by atoms with van der Waals surface area (Å²) in [5, 5.41) is 5.21. The van der Waals surface area contributed by atoms with E-state index in [1.807, 2.05) is 6.07 Å². The number of amides is 1. The van der Waals surface area contributed by atoms with Gasteiger partial charge in [0, 0.05) is 48.3 Å². The Hall–Kier alpha value is -2.70. The van der Waals surface area contributed by atoms with Gasteiger partial charge in [0.1, 0.15) is 5.82 Å². The molecule has 1 N–H and O–H groups in total. The molecule has 2 atom stereocenters. The van der Waals surface area contributed by atoms with Gasteiger partial charge in [0.05, 0.1) is 6.04 Å². The van der Waals surface area contributed by atoms with Crippen LogP contribution >= 0.6 is 11.3 Å². The van der Waals surface area contributed by atoms with Gasteiger partial charge in [-0.1, -0.05) is 24.3 Å². The van der Waals surface area contributed by atoms with Gasteiger partial charge in [0.2, 0.25) is 0 Å². The highest BCUT2D eigenvalue weighted by molar-refractivity contribution is 7.10. The zero-order valence-electron chi connectivity index (χ0n) is 17.0. The maximum atomic E-state index is 13.2. The molecule has 4 nitrogen and oxygen atoms in total. The first-order chi connectivity index (χ1) is 14.6. The molecule has 1 aromatic heterocycles. The number of hydrogen-bond acceptors (Lipinski definition) is 4. The van der Waals surface area contributed by atoms with Gasteiger partial charge < -0.3 is 10.2 Å². The van der Waals surface area contributed by atoms with Gasteiger partial charge >= 0.3 is 0 Å². The molecule has 1 saturated heterocycles. The maximum absolute atomic E-state index is 13.2. The number of thiophene rings is 1. The molecular weight excluding hydrogens is 397 g/mol. The molecule has 0 saturated carbocycles. The molecule has 3 aromatic rings. The summed E-state index contributed by atoms with van der Waals surface area (Å²) in [5.41, 5.74) is 1.73. The monoisotopic (exact) mass is 423 g/mol. The second-order valence-electron chi connectivity index (χ2n) is 7.59. The summed E-state index contributed by atoms with van der Waals surface area (Å²) < 4.78 is 13.2. The molecule has 6 heteroatoms. The molecule has 1 aliphatic heterocycles. The lowest BCUT2D eigenvalue weighted by atomic mass is 10.0. The number of nitrogens with one attached hydrogen (secondary N) is 1. The Kier molecular flexibility index (Phi) is 6.45. The predicted molar refractivity (Wildman–Crippen MR) is 121 cm³/mol. The van der Waals surface area contributed by atoms with E-state index < -0.39 is 0 Å².